The molecule has 4 fully saturated rings. The molecule has 4 aliphatic rings. The van der Waals surface area contributed by atoms with Gasteiger partial charge in [-0.05, 0) is 50.2 Å². The van der Waals surface area contributed by atoms with Crippen LogP contribution in [0, 0.1) is 5.92 Å². The number of amides is 2. The summed E-state index contributed by atoms with van der Waals surface area (Å²) in [6.45, 7) is 3.28. The molecule has 2 bridgehead atoms. The molecule has 0 aromatic carbocycles. The molecule has 1 aromatic heterocycles. The van der Waals surface area contributed by atoms with E-state index < -0.39 is 0 Å². The second-order valence-corrected chi connectivity index (χ2v) is 8.87. The average Bonchev–Trinajstić information content (AvgIpc) is 3.35. The van der Waals surface area contributed by atoms with Gasteiger partial charge in [-0.2, -0.15) is 0 Å². The lowest BCUT2D eigenvalue weighted by Crippen LogP contribution is -2.58. The number of carbonyl (C=O) groups excluding carboxylic acids is 2. The van der Waals surface area contributed by atoms with Crippen LogP contribution in [0.25, 0.3) is 0 Å². The summed E-state index contributed by atoms with van der Waals surface area (Å²) < 4.78 is 5.95. The molecule has 0 N–H and O–H groups in total. The first-order valence-corrected chi connectivity index (χ1v) is 10.4. The largest absolute Gasteiger partial charge is 0.363 e. The number of pyridine rings is 1. The van der Waals surface area contributed by atoms with Crippen molar-refractivity contribution >= 4 is 17.6 Å². The molecule has 0 radical (unpaired) electrons. The first kappa shape index (κ1) is 17.9. The minimum absolute atomic E-state index is 0.0468. The van der Waals surface area contributed by atoms with Crippen LogP contribution in [0.2, 0.25) is 0 Å². The Morgan fingerprint density at radius 3 is 2.79 bits per heavy atom. The second-order valence-electron chi connectivity index (χ2n) is 8.87. The Labute approximate surface area is 165 Å². The standard InChI is InChI=1S/C21H28N4O3/c1-23-14-21(28-13-18(23)26)6-9-24(10-7-21)19-17(3-2-8-22-19)20(27)25-12-15-4-5-16(25)11-15/h2-3,8,15-16H,4-7,9-14H2,1H3/t15-,16+/m0/s1. The number of rotatable bonds is 2. The maximum Gasteiger partial charge on any atom is 0.257 e. The highest BCUT2D eigenvalue weighted by Gasteiger charge is 2.43. The van der Waals surface area contributed by atoms with Crippen molar-refractivity contribution in [2.24, 2.45) is 5.92 Å². The normalized spacial score (nSPS) is 29.0. The summed E-state index contributed by atoms with van der Waals surface area (Å²) in [5.41, 5.74) is 0.467. The lowest BCUT2D eigenvalue weighted by Gasteiger charge is -2.46. The third-order valence-electron chi connectivity index (χ3n) is 7.11. The van der Waals surface area contributed by atoms with Crippen molar-refractivity contribution in [3.05, 3.63) is 23.9 Å². The van der Waals surface area contributed by atoms with E-state index in [0.29, 0.717) is 18.5 Å². The molecule has 3 saturated heterocycles. The molecular weight excluding hydrogens is 356 g/mol. The van der Waals surface area contributed by atoms with Gasteiger partial charge in [0.1, 0.15) is 12.4 Å². The van der Waals surface area contributed by atoms with Crippen molar-refractivity contribution in [2.75, 3.05) is 44.7 Å². The van der Waals surface area contributed by atoms with Gasteiger partial charge in [-0.1, -0.05) is 0 Å². The zero-order chi connectivity index (χ0) is 19.3. The van der Waals surface area contributed by atoms with Crippen molar-refractivity contribution in [1.29, 1.82) is 0 Å². The Bertz CT molecular complexity index is 790. The molecule has 1 spiro atoms. The van der Waals surface area contributed by atoms with E-state index >= 15 is 0 Å². The number of ether oxygens (including phenoxy) is 1. The third-order valence-corrected chi connectivity index (χ3v) is 7.11. The number of aromatic nitrogens is 1. The molecule has 1 saturated carbocycles. The predicted octanol–water partition coefficient (Wildman–Crippen LogP) is 1.53. The van der Waals surface area contributed by atoms with Gasteiger partial charge in [-0.3, -0.25) is 9.59 Å². The van der Waals surface area contributed by atoms with Crippen molar-refractivity contribution in [2.45, 2.75) is 43.7 Å². The molecule has 3 aliphatic heterocycles. The van der Waals surface area contributed by atoms with Crippen LogP contribution in [-0.2, 0) is 9.53 Å². The van der Waals surface area contributed by atoms with Gasteiger partial charge in [0.15, 0.2) is 0 Å². The van der Waals surface area contributed by atoms with Gasteiger partial charge in [0.25, 0.3) is 5.91 Å². The van der Waals surface area contributed by atoms with Crippen LogP contribution in [0.4, 0.5) is 5.82 Å². The van der Waals surface area contributed by atoms with E-state index in [2.05, 4.69) is 14.8 Å². The van der Waals surface area contributed by atoms with Crippen molar-refractivity contribution in [1.82, 2.24) is 14.8 Å². The van der Waals surface area contributed by atoms with Crippen molar-refractivity contribution in [3.63, 3.8) is 0 Å². The van der Waals surface area contributed by atoms with Gasteiger partial charge in [0.05, 0.1) is 11.2 Å². The van der Waals surface area contributed by atoms with Crippen molar-refractivity contribution < 1.29 is 14.3 Å². The highest BCUT2D eigenvalue weighted by atomic mass is 16.5. The minimum atomic E-state index is -0.258. The maximum absolute atomic E-state index is 13.3. The summed E-state index contributed by atoms with van der Waals surface area (Å²) >= 11 is 0. The van der Waals surface area contributed by atoms with E-state index in [-0.39, 0.29) is 24.0 Å². The zero-order valence-electron chi connectivity index (χ0n) is 16.5. The lowest BCUT2D eigenvalue weighted by molar-refractivity contribution is -0.164. The summed E-state index contributed by atoms with van der Waals surface area (Å²) in [6, 6.07) is 4.20. The van der Waals surface area contributed by atoms with E-state index in [0.717, 1.165) is 56.7 Å². The topological polar surface area (TPSA) is 66.0 Å². The number of nitrogens with zero attached hydrogens (tertiary/aromatic N) is 4. The fourth-order valence-corrected chi connectivity index (χ4v) is 5.46. The van der Waals surface area contributed by atoms with Gasteiger partial charge in [0, 0.05) is 45.5 Å². The van der Waals surface area contributed by atoms with Crippen LogP contribution < -0.4 is 4.90 Å². The first-order valence-electron chi connectivity index (χ1n) is 10.4. The Hall–Kier alpha value is -2.15. The van der Waals surface area contributed by atoms with Crippen LogP contribution in [0.5, 0.6) is 0 Å². The Morgan fingerprint density at radius 2 is 2.11 bits per heavy atom. The summed E-state index contributed by atoms with van der Waals surface area (Å²) in [5, 5.41) is 0. The summed E-state index contributed by atoms with van der Waals surface area (Å²) in [7, 11) is 1.85. The lowest BCUT2D eigenvalue weighted by atomic mass is 9.89. The average molecular weight is 384 g/mol. The molecule has 7 heteroatoms. The molecule has 28 heavy (non-hydrogen) atoms. The van der Waals surface area contributed by atoms with E-state index in [4.69, 9.17) is 4.74 Å². The molecule has 1 aromatic rings. The first-order chi connectivity index (χ1) is 13.5. The maximum atomic E-state index is 13.3. The number of likely N-dealkylation sites (tertiary alicyclic amines) is 1. The molecule has 5 rings (SSSR count). The summed E-state index contributed by atoms with van der Waals surface area (Å²) in [4.78, 5) is 35.7. The Morgan fingerprint density at radius 1 is 1.29 bits per heavy atom. The van der Waals surface area contributed by atoms with Crippen molar-refractivity contribution in [3.8, 4) is 0 Å². The van der Waals surface area contributed by atoms with Crippen LogP contribution in [0.1, 0.15) is 42.5 Å². The van der Waals surface area contributed by atoms with Crippen LogP contribution in [0.3, 0.4) is 0 Å². The fraction of sp³-hybridized carbons (Fsp3) is 0.667. The van der Waals surface area contributed by atoms with Gasteiger partial charge >= 0.3 is 0 Å². The SMILES string of the molecule is CN1CC2(CCN(c3ncccc3C(=O)N3C[C@H]4CC[C@@H]3C4)CC2)OCC1=O. The Kier molecular flexibility index (Phi) is 4.30. The predicted molar refractivity (Wildman–Crippen MR) is 104 cm³/mol. The fourth-order valence-electron chi connectivity index (χ4n) is 5.46. The third kappa shape index (κ3) is 2.96. The second kappa shape index (κ2) is 6.72. The van der Waals surface area contributed by atoms with E-state index in [9.17, 15) is 9.59 Å². The zero-order valence-corrected chi connectivity index (χ0v) is 16.5. The number of likely N-dealkylation sites (N-methyl/N-ethyl adjacent to an activating group) is 1. The summed E-state index contributed by atoms with van der Waals surface area (Å²) in [6.07, 6.45) is 7.01. The molecule has 2 amide bonds. The van der Waals surface area contributed by atoms with Gasteiger partial charge in [-0.25, -0.2) is 4.98 Å². The molecule has 0 unspecified atom stereocenters. The molecule has 150 valence electrons. The summed E-state index contributed by atoms with van der Waals surface area (Å²) in [5.74, 6) is 1.66. The van der Waals surface area contributed by atoms with E-state index in [1.165, 1.54) is 6.42 Å². The number of hydrogen-bond donors (Lipinski definition) is 0. The van der Waals surface area contributed by atoms with Gasteiger partial charge in [-0.15, -0.1) is 0 Å². The minimum Gasteiger partial charge on any atom is -0.363 e. The molecule has 1 aliphatic carbocycles. The smallest absolute Gasteiger partial charge is 0.257 e. The molecule has 7 nitrogen and oxygen atoms in total. The van der Waals surface area contributed by atoms with Gasteiger partial charge in [0.2, 0.25) is 5.91 Å². The highest BCUT2D eigenvalue weighted by molar-refractivity contribution is 5.99. The molecular formula is C21H28N4O3. The van der Waals surface area contributed by atoms with Crippen LogP contribution >= 0.6 is 0 Å². The number of anilines is 1. The number of hydrogen-bond acceptors (Lipinski definition) is 5. The van der Waals surface area contributed by atoms with E-state index in [1.807, 2.05) is 19.2 Å². The number of fused-ring (bicyclic) bond motifs is 2. The monoisotopic (exact) mass is 384 g/mol. The number of morpholine rings is 1. The number of carbonyl (C=O) groups is 2. The van der Waals surface area contributed by atoms with Crippen LogP contribution in [-0.4, -0.2) is 78.1 Å². The van der Waals surface area contributed by atoms with E-state index in [1.54, 1.807) is 11.1 Å². The number of piperidine rings is 2. The quantitative estimate of drug-likeness (QED) is 0.774. The highest BCUT2D eigenvalue weighted by Crippen LogP contribution is 2.39. The molecule has 2 atom stereocenters. The van der Waals surface area contributed by atoms with Gasteiger partial charge < -0.3 is 19.4 Å². The molecule has 4 heterocycles. The van der Waals surface area contributed by atoms with Crippen LogP contribution in [0.15, 0.2) is 18.3 Å². The Balaban J connectivity index is 1.31.